The average Bonchev–Trinajstić information content (AvgIpc) is 2.99. The lowest BCUT2D eigenvalue weighted by Gasteiger charge is -2.36. The summed E-state index contributed by atoms with van der Waals surface area (Å²) in [7, 11) is 0. The molecule has 0 aromatic carbocycles. The summed E-state index contributed by atoms with van der Waals surface area (Å²) < 4.78 is 5.83. The van der Waals surface area contributed by atoms with Gasteiger partial charge in [-0.25, -0.2) is 0 Å². The van der Waals surface area contributed by atoms with Gasteiger partial charge in [0.1, 0.15) is 5.01 Å². The van der Waals surface area contributed by atoms with Crippen LogP contribution in [0.15, 0.2) is 0 Å². The maximum absolute atomic E-state index is 5.83. The zero-order valence-corrected chi connectivity index (χ0v) is 11.6. The van der Waals surface area contributed by atoms with Crippen molar-refractivity contribution in [1.82, 2.24) is 15.1 Å². The number of hydrogen-bond acceptors (Lipinski definition) is 6. The topological polar surface area (TPSA) is 50.3 Å². The Bertz CT molecular complexity index is 397. The van der Waals surface area contributed by atoms with Gasteiger partial charge in [-0.2, -0.15) is 0 Å². The van der Waals surface area contributed by atoms with Crippen molar-refractivity contribution in [3.8, 4) is 0 Å². The summed E-state index contributed by atoms with van der Waals surface area (Å²) >= 11 is 1.67. The van der Waals surface area contributed by atoms with E-state index in [0.29, 0.717) is 12.1 Å². The Labute approximate surface area is 112 Å². The summed E-state index contributed by atoms with van der Waals surface area (Å²) in [6, 6.07) is 0.602. The molecule has 5 nitrogen and oxygen atoms in total. The van der Waals surface area contributed by atoms with E-state index in [1.54, 1.807) is 11.3 Å². The predicted octanol–water partition coefficient (Wildman–Crippen LogP) is 1.72. The van der Waals surface area contributed by atoms with Crippen LogP contribution in [0.5, 0.6) is 0 Å². The second kappa shape index (κ2) is 5.50. The highest BCUT2D eigenvalue weighted by molar-refractivity contribution is 7.15. The molecular weight excluding hydrogens is 248 g/mol. The molecule has 1 saturated heterocycles. The van der Waals surface area contributed by atoms with Crippen LogP contribution in [0.3, 0.4) is 0 Å². The molecule has 2 heterocycles. The molecule has 2 unspecified atom stereocenters. The second-order valence-electron chi connectivity index (χ2n) is 4.91. The van der Waals surface area contributed by atoms with Crippen molar-refractivity contribution < 1.29 is 4.74 Å². The highest BCUT2D eigenvalue weighted by atomic mass is 32.1. The lowest BCUT2D eigenvalue weighted by atomic mass is 10.1. The summed E-state index contributed by atoms with van der Waals surface area (Å²) in [5, 5.41) is 13.7. The van der Waals surface area contributed by atoms with Crippen LogP contribution in [0.2, 0.25) is 0 Å². The van der Waals surface area contributed by atoms with Crippen LogP contribution in [0, 0.1) is 0 Å². The molecule has 0 radical (unpaired) electrons. The first kappa shape index (κ1) is 12.3. The first-order valence-electron chi connectivity index (χ1n) is 6.78. The molecule has 100 valence electrons. The molecule has 1 saturated carbocycles. The van der Waals surface area contributed by atoms with Crippen molar-refractivity contribution >= 4 is 16.5 Å². The highest BCUT2D eigenvalue weighted by Crippen LogP contribution is 2.31. The molecule has 6 heteroatoms. The highest BCUT2D eigenvalue weighted by Gasteiger charge is 2.36. The van der Waals surface area contributed by atoms with E-state index >= 15 is 0 Å². The summed E-state index contributed by atoms with van der Waals surface area (Å²) in [4.78, 5) is 2.53. The fourth-order valence-electron chi connectivity index (χ4n) is 2.92. The Hall–Kier alpha value is -0.720. The van der Waals surface area contributed by atoms with Gasteiger partial charge in [0.25, 0.3) is 0 Å². The minimum atomic E-state index is 0.458. The van der Waals surface area contributed by atoms with Gasteiger partial charge in [0, 0.05) is 19.1 Å². The van der Waals surface area contributed by atoms with Crippen molar-refractivity contribution in [2.24, 2.45) is 0 Å². The second-order valence-corrected chi connectivity index (χ2v) is 5.97. The summed E-state index contributed by atoms with van der Waals surface area (Å²) in [5.74, 6) is 0. The number of anilines is 1. The van der Waals surface area contributed by atoms with Crippen molar-refractivity contribution in [3.05, 3.63) is 5.01 Å². The molecule has 2 fully saturated rings. The third-order valence-electron chi connectivity index (χ3n) is 3.73. The quantitative estimate of drug-likeness (QED) is 0.901. The lowest BCUT2D eigenvalue weighted by Crippen LogP contribution is -2.47. The van der Waals surface area contributed by atoms with E-state index in [9.17, 15) is 0 Å². The van der Waals surface area contributed by atoms with Gasteiger partial charge in [-0.05, 0) is 26.2 Å². The van der Waals surface area contributed by atoms with Gasteiger partial charge in [0.05, 0.1) is 19.3 Å². The largest absolute Gasteiger partial charge is 0.375 e. The Morgan fingerprint density at radius 2 is 2.39 bits per heavy atom. The molecule has 0 amide bonds. The van der Waals surface area contributed by atoms with E-state index in [2.05, 4.69) is 27.3 Å². The molecule has 0 bridgehead atoms. The normalized spacial score (nSPS) is 28.3. The molecule has 1 aliphatic heterocycles. The van der Waals surface area contributed by atoms with Crippen LogP contribution >= 0.6 is 11.3 Å². The van der Waals surface area contributed by atoms with Gasteiger partial charge >= 0.3 is 0 Å². The number of fused-ring (bicyclic) bond motifs is 1. The fraction of sp³-hybridized carbons (Fsp3) is 0.833. The van der Waals surface area contributed by atoms with Crippen LogP contribution in [-0.4, -0.2) is 46.9 Å². The molecule has 1 aromatic rings. The van der Waals surface area contributed by atoms with E-state index in [1.165, 1.54) is 19.3 Å². The Balaban J connectivity index is 1.63. The van der Waals surface area contributed by atoms with Crippen LogP contribution in [-0.2, 0) is 11.3 Å². The van der Waals surface area contributed by atoms with Crippen LogP contribution < -0.4 is 5.32 Å². The molecule has 2 aliphatic rings. The molecule has 18 heavy (non-hydrogen) atoms. The van der Waals surface area contributed by atoms with Crippen LogP contribution in [0.1, 0.15) is 31.2 Å². The third kappa shape index (κ3) is 2.50. The van der Waals surface area contributed by atoms with Gasteiger partial charge in [0.2, 0.25) is 5.13 Å². The minimum Gasteiger partial charge on any atom is -0.375 e. The maximum atomic E-state index is 5.83. The van der Waals surface area contributed by atoms with Gasteiger partial charge in [-0.15, -0.1) is 10.2 Å². The fourth-order valence-corrected chi connectivity index (χ4v) is 3.75. The molecular formula is C12H20N4OS. The van der Waals surface area contributed by atoms with Crippen LogP contribution in [0.4, 0.5) is 5.13 Å². The van der Waals surface area contributed by atoms with Gasteiger partial charge in [0.15, 0.2) is 0 Å². The standard InChI is InChI=1S/C12H20N4OS/c1-2-13-12-15-14-11(18-12)8-16-6-7-17-10-5-3-4-9(10)16/h9-10H,2-8H2,1H3,(H,13,15). The number of ether oxygens (including phenoxy) is 1. The summed E-state index contributed by atoms with van der Waals surface area (Å²) in [6.07, 6.45) is 4.24. The monoisotopic (exact) mass is 268 g/mol. The van der Waals surface area contributed by atoms with Crippen LogP contribution in [0.25, 0.3) is 0 Å². The molecule has 1 N–H and O–H groups in total. The molecule has 1 aliphatic carbocycles. The van der Waals surface area contributed by atoms with E-state index in [4.69, 9.17) is 4.74 Å². The van der Waals surface area contributed by atoms with E-state index in [1.807, 2.05) is 0 Å². The van der Waals surface area contributed by atoms with Gasteiger partial charge in [-0.1, -0.05) is 11.3 Å². The SMILES string of the molecule is CCNc1nnc(CN2CCOC3CCCC32)s1. The molecule has 2 atom stereocenters. The predicted molar refractivity (Wildman–Crippen MR) is 71.9 cm³/mol. The third-order valence-corrected chi connectivity index (χ3v) is 4.60. The molecule has 3 rings (SSSR count). The van der Waals surface area contributed by atoms with Crippen molar-refractivity contribution in [1.29, 1.82) is 0 Å². The van der Waals surface area contributed by atoms with Crippen molar-refractivity contribution in [2.45, 2.75) is 44.9 Å². The molecule has 0 spiro atoms. The lowest BCUT2D eigenvalue weighted by molar-refractivity contribution is -0.0588. The van der Waals surface area contributed by atoms with E-state index in [-0.39, 0.29) is 0 Å². The Morgan fingerprint density at radius 1 is 1.44 bits per heavy atom. The minimum absolute atomic E-state index is 0.458. The number of rotatable bonds is 4. The summed E-state index contributed by atoms with van der Waals surface area (Å²) in [5.41, 5.74) is 0. The van der Waals surface area contributed by atoms with Crippen molar-refractivity contribution in [2.75, 3.05) is 25.0 Å². The van der Waals surface area contributed by atoms with Crippen molar-refractivity contribution in [3.63, 3.8) is 0 Å². The van der Waals surface area contributed by atoms with E-state index in [0.717, 1.165) is 36.4 Å². The molecule has 1 aromatic heterocycles. The number of nitrogens with zero attached hydrogens (tertiary/aromatic N) is 3. The number of nitrogens with one attached hydrogen (secondary N) is 1. The first-order chi connectivity index (χ1) is 8.86. The van der Waals surface area contributed by atoms with E-state index < -0.39 is 0 Å². The number of aromatic nitrogens is 2. The smallest absolute Gasteiger partial charge is 0.205 e. The summed E-state index contributed by atoms with van der Waals surface area (Å²) in [6.45, 7) is 5.79. The Kier molecular flexibility index (Phi) is 3.77. The average molecular weight is 268 g/mol. The Morgan fingerprint density at radius 3 is 3.28 bits per heavy atom. The first-order valence-corrected chi connectivity index (χ1v) is 7.60. The van der Waals surface area contributed by atoms with Gasteiger partial charge in [-0.3, -0.25) is 4.90 Å². The zero-order chi connectivity index (χ0) is 12.4. The number of hydrogen-bond donors (Lipinski definition) is 1. The van der Waals surface area contributed by atoms with Gasteiger partial charge < -0.3 is 10.1 Å². The maximum Gasteiger partial charge on any atom is 0.205 e. The zero-order valence-electron chi connectivity index (χ0n) is 10.8. The number of morpholine rings is 1.